The van der Waals surface area contributed by atoms with Crippen LogP contribution in [0, 0.1) is 0 Å². The van der Waals surface area contributed by atoms with E-state index >= 15 is 0 Å². The summed E-state index contributed by atoms with van der Waals surface area (Å²) in [4.78, 5) is 42.0. The highest BCUT2D eigenvalue weighted by Gasteiger charge is 2.35. The van der Waals surface area contributed by atoms with Gasteiger partial charge in [-0.15, -0.1) is 0 Å². The summed E-state index contributed by atoms with van der Waals surface area (Å²) < 4.78 is 9.97. The number of benzene rings is 1. The Hall–Kier alpha value is -3.22. The smallest absolute Gasteiger partial charge is 0.357 e. The molecule has 0 N–H and O–H groups in total. The molecule has 1 aromatic heterocycles. The molecule has 1 fully saturated rings. The van der Waals surface area contributed by atoms with Gasteiger partial charge in [0.2, 0.25) is 0 Å². The van der Waals surface area contributed by atoms with Gasteiger partial charge < -0.3 is 14.4 Å². The van der Waals surface area contributed by atoms with Crippen LogP contribution in [0.25, 0.3) is 0 Å². The third-order valence-electron chi connectivity index (χ3n) is 4.42. The Morgan fingerprint density at radius 2 is 1.93 bits per heavy atom. The van der Waals surface area contributed by atoms with E-state index in [4.69, 9.17) is 9.47 Å². The predicted molar refractivity (Wildman–Crippen MR) is 95.9 cm³/mol. The monoisotopic (exact) mass is 368 g/mol. The Bertz CT molecular complexity index is 820. The highest BCUT2D eigenvalue weighted by molar-refractivity contribution is 5.97. The molecule has 0 bridgehead atoms. The molecule has 0 saturated carbocycles. The first-order valence-electron chi connectivity index (χ1n) is 8.66. The molecule has 0 radical (unpaired) electrons. The van der Waals surface area contributed by atoms with E-state index in [0.717, 1.165) is 12.0 Å². The summed E-state index contributed by atoms with van der Waals surface area (Å²) in [5.74, 6) is -1.29. The van der Waals surface area contributed by atoms with Gasteiger partial charge in [-0.3, -0.25) is 4.79 Å². The van der Waals surface area contributed by atoms with Gasteiger partial charge in [-0.1, -0.05) is 30.3 Å². The lowest BCUT2D eigenvalue weighted by atomic mass is 10.2. The van der Waals surface area contributed by atoms with Crippen LogP contribution in [0.1, 0.15) is 39.3 Å². The molecule has 140 valence electrons. The Morgan fingerprint density at radius 3 is 2.59 bits per heavy atom. The topological polar surface area (TPSA) is 85.8 Å². The van der Waals surface area contributed by atoms with E-state index in [1.165, 1.54) is 30.3 Å². The van der Waals surface area contributed by atoms with Crippen molar-refractivity contribution in [3.8, 4) is 0 Å². The quantitative estimate of drug-likeness (QED) is 0.752. The molecule has 2 heterocycles. The molecule has 1 aliphatic rings. The number of methoxy groups -OCH3 is 1. The number of rotatable bonds is 5. The normalized spacial score (nSPS) is 16.0. The Labute approximate surface area is 156 Å². The minimum absolute atomic E-state index is 0.119. The van der Waals surface area contributed by atoms with E-state index in [-0.39, 0.29) is 18.2 Å². The molecular formula is C20H20N2O5. The van der Waals surface area contributed by atoms with Crippen LogP contribution in [0.5, 0.6) is 0 Å². The van der Waals surface area contributed by atoms with Crippen molar-refractivity contribution in [2.45, 2.75) is 25.5 Å². The molecule has 1 amide bonds. The number of carbonyl (C=O) groups is 3. The van der Waals surface area contributed by atoms with Crippen molar-refractivity contribution in [3.05, 3.63) is 65.5 Å². The number of aromatic nitrogens is 1. The maximum atomic E-state index is 12.6. The molecule has 1 unspecified atom stereocenters. The lowest BCUT2D eigenvalue weighted by molar-refractivity contribution is -0.145. The third kappa shape index (κ3) is 4.31. The zero-order chi connectivity index (χ0) is 19.2. The average Bonchev–Trinajstić information content (AvgIpc) is 3.21. The number of ether oxygens (including phenoxy) is 2. The van der Waals surface area contributed by atoms with Crippen LogP contribution >= 0.6 is 0 Å². The molecule has 1 aromatic carbocycles. The minimum atomic E-state index is -0.571. The van der Waals surface area contributed by atoms with Crippen LogP contribution < -0.4 is 0 Å². The zero-order valence-electron chi connectivity index (χ0n) is 15.0. The van der Waals surface area contributed by atoms with E-state index < -0.39 is 18.0 Å². The molecule has 7 heteroatoms. The van der Waals surface area contributed by atoms with Crippen molar-refractivity contribution in [2.24, 2.45) is 0 Å². The van der Waals surface area contributed by atoms with E-state index in [0.29, 0.717) is 18.5 Å². The van der Waals surface area contributed by atoms with Crippen molar-refractivity contribution in [2.75, 3.05) is 13.7 Å². The summed E-state index contributed by atoms with van der Waals surface area (Å²) in [6.07, 6.45) is 2.65. The standard InChI is InChI=1S/C20H20N2O5/c1-26-20(25)17-8-5-11-22(17)18(23)15-9-10-16(21-12-15)19(24)27-13-14-6-3-2-4-7-14/h2-4,6-7,9-10,12,17H,5,8,11,13H2,1H3. The van der Waals surface area contributed by atoms with Crippen LogP contribution in [0.2, 0.25) is 0 Å². The van der Waals surface area contributed by atoms with Crippen LogP contribution in [0.4, 0.5) is 0 Å². The van der Waals surface area contributed by atoms with Crippen molar-refractivity contribution in [3.63, 3.8) is 0 Å². The zero-order valence-corrected chi connectivity index (χ0v) is 15.0. The second-order valence-electron chi connectivity index (χ2n) is 6.17. The lowest BCUT2D eigenvalue weighted by Gasteiger charge is -2.22. The molecule has 3 rings (SSSR count). The minimum Gasteiger partial charge on any atom is -0.467 e. The third-order valence-corrected chi connectivity index (χ3v) is 4.42. The van der Waals surface area contributed by atoms with Gasteiger partial charge in [0.15, 0.2) is 0 Å². The fourth-order valence-corrected chi connectivity index (χ4v) is 2.99. The van der Waals surface area contributed by atoms with Crippen LogP contribution in [0.15, 0.2) is 48.7 Å². The molecule has 0 aliphatic carbocycles. The van der Waals surface area contributed by atoms with Gasteiger partial charge in [0.25, 0.3) is 5.91 Å². The van der Waals surface area contributed by atoms with Gasteiger partial charge in [0.05, 0.1) is 12.7 Å². The first-order valence-corrected chi connectivity index (χ1v) is 8.66. The summed E-state index contributed by atoms with van der Waals surface area (Å²) in [6, 6.07) is 11.7. The first-order chi connectivity index (χ1) is 13.1. The Morgan fingerprint density at radius 1 is 1.15 bits per heavy atom. The highest BCUT2D eigenvalue weighted by atomic mass is 16.5. The number of nitrogens with zero attached hydrogens (tertiary/aromatic N) is 2. The summed E-state index contributed by atoms with van der Waals surface area (Å²) >= 11 is 0. The van der Waals surface area contributed by atoms with Crippen LogP contribution in [0.3, 0.4) is 0 Å². The summed E-state index contributed by atoms with van der Waals surface area (Å²) in [5.41, 5.74) is 1.30. The van der Waals surface area contributed by atoms with Crippen LogP contribution in [-0.2, 0) is 20.9 Å². The fraction of sp³-hybridized carbons (Fsp3) is 0.300. The molecular weight excluding hydrogens is 348 g/mol. The maximum Gasteiger partial charge on any atom is 0.357 e. The Balaban J connectivity index is 1.63. The van der Waals surface area contributed by atoms with Crippen molar-refractivity contribution in [1.82, 2.24) is 9.88 Å². The molecule has 27 heavy (non-hydrogen) atoms. The SMILES string of the molecule is COC(=O)C1CCCN1C(=O)c1ccc(C(=O)OCc2ccccc2)nc1. The van der Waals surface area contributed by atoms with E-state index in [1.807, 2.05) is 30.3 Å². The Kier molecular flexibility index (Phi) is 5.80. The summed E-state index contributed by atoms with van der Waals surface area (Å²) in [7, 11) is 1.31. The molecule has 7 nitrogen and oxygen atoms in total. The summed E-state index contributed by atoms with van der Waals surface area (Å²) in [6.45, 7) is 0.635. The fourth-order valence-electron chi connectivity index (χ4n) is 2.99. The number of carbonyl (C=O) groups excluding carboxylic acids is 3. The number of pyridine rings is 1. The van der Waals surface area contributed by atoms with Crippen molar-refractivity contribution in [1.29, 1.82) is 0 Å². The van der Waals surface area contributed by atoms with Gasteiger partial charge in [-0.05, 0) is 30.5 Å². The van der Waals surface area contributed by atoms with Gasteiger partial charge in [-0.2, -0.15) is 0 Å². The predicted octanol–water partition coefficient (Wildman–Crippen LogP) is 2.22. The van der Waals surface area contributed by atoms with Gasteiger partial charge in [-0.25, -0.2) is 14.6 Å². The van der Waals surface area contributed by atoms with E-state index in [1.54, 1.807) is 0 Å². The number of likely N-dealkylation sites (tertiary alicyclic amines) is 1. The largest absolute Gasteiger partial charge is 0.467 e. The van der Waals surface area contributed by atoms with Gasteiger partial charge >= 0.3 is 11.9 Å². The lowest BCUT2D eigenvalue weighted by Crippen LogP contribution is -2.41. The maximum absolute atomic E-state index is 12.6. The van der Waals surface area contributed by atoms with E-state index in [9.17, 15) is 14.4 Å². The second kappa shape index (κ2) is 8.44. The first kappa shape index (κ1) is 18.6. The molecule has 2 aromatic rings. The summed E-state index contributed by atoms with van der Waals surface area (Å²) in [5, 5.41) is 0. The number of amides is 1. The van der Waals surface area contributed by atoms with Gasteiger partial charge in [0.1, 0.15) is 18.3 Å². The number of esters is 2. The average molecular weight is 368 g/mol. The molecule has 0 spiro atoms. The number of hydrogen-bond donors (Lipinski definition) is 0. The second-order valence-corrected chi connectivity index (χ2v) is 6.17. The van der Waals surface area contributed by atoms with Crippen molar-refractivity contribution >= 4 is 17.8 Å². The highest BCUT2D eigenvalue weighted by Crippen LogP contribution is 2.21. The molecule has 1 atom stereocenters. The van der Waals surface area contributed by atoms with Crippen LogP contribution in [-0.4, -0.2) is 47.4 Å². The number of hydrogen-bond acceptors (Lipinski definition) is 6. The van der Waals surface area contributed by atoms with E-state index in [2.05, 4.69) is 4.98 Å². The molecule has 1 saturated heterocycles. The molecule has 1 aliphatic heterocycles. The van der Waals surface area contributed by atoms with Gasteiger partial charge in [0, 0.05) is 12.7 Å². The van der Waals surface area contributed by atoms with Crippen molar-refractivity contribution < 1.29 is 23.9 Å².